The highest BCUT2D eigenvalue weighted by atomic mass is 32.1. The van der Waals surface area contributed by atoms with Crippen LogP contribution in [0, 0.1) is 6.92 Å². The number of nitrogens with two attached hydrogens (primary N) is 1. The van der Waals surface area contributed by atoms with E-state index in [-0.39, 0.29) is 0 Å². The first-order valence-electron chi connectivity index (χ1n) is 10.4. The number of aromatic nitrogens is 5. The third-order valence-corrected chi connectivity index (χ3v) is 6.03. The molecule has 2 N–H and O–H groups in total. The Morgan fingerprint density at radius 2 is 1.82 bits per heavy atom. The summed E-state index contributed by atoms with van der Waals surface area (Å²) in [5.41, 5.74) is 12.4. The van der Waals surface area contributed by atoms with E-state index in [1.54, 1.807) is 12.5 Å². The zero-order valence-electron chi connectivity index (χ0n) is 18.3. The van der Waals surface area contributed by atoms with Gasteiger partial charge < -0.3 is 15.0 Å². The zero-order chi connectivity index (χ0) is 22.8. The summed E-state index contributed by atoms with van der Waals surface area (Å²) in [5.74, 6) is 0.781. The highest BCUT2D eigenvalue weighted by Crippen LogP contribution is 2.38. The number of nitrogens with zero attached hydrogens (tertiary/aromatic N) is 5. The fourth-order valence-corrected chi connectivity index (χ4v) is 4.37. The van der Waals surface area contributed by atoms with Crippen LogP contribution in [0.4, 0.5) is 5.13 Å². The van der Waals surface area contributed by atoms with Crippen LogP contribution in [0.1, 0.15) is 11.4 Å². The van der Waals surface area contributed by atoms with Gasteiger partial charge in [0.1, 0.15) is 18.1 Å². The Kier molecular flexibility index (Phi) is 5.58. The molecule has 0 radical (unpaired) electrons. The van der Waals surface area contributed by atoms with Gasteiger partial charge in [0.25, 0.3) is 0 Å². The number of nitrogen functional groups attached to an aromatic ring is 1. The molecule has 0 atom stereocenters. The molecule has 5 rings (SSSR count). The second-order valence-electron chi connectivity index (χ2n) is 7.67. The van der Waals surface area contributed by atoms with Gasteiger partial charge in [0.2, 0.25) is 0 Å². The lowest BCUT2D eigenvalue weighted by Gasteiger charge is -2.08. The van der Waals surface area contributed by atoms with Crippen LogP contribution in [0.25, 0.3) is 33.1 Å². The normalized spacial score (nSPS) is 11.0. The van der Waals surface area contributed by atoms with E-state index in [1.807, 2.05) is 73.3 Å². The van der Waals surface area contributed by atoms with Crippen LogP contribution in [0.3, 0.4) is 0 Å². The summed E-state index contributed by atoms with van der Waals surface area (Å²) < 4.78 is 7.74. The predicted octanol–water partition coefficient (Wildman–Crippen LogP) is 5.14. The Balaban J connectivity index is 1.40. The predicted molar refractivity (Wildman–Crippen MR) is 131 cm³/mol. The summed E-state index contributed by atoms with van der Waals surface area (Å²) in [6.45, 7) is 2.39. The number of imidazole rings is 1. The molecule has 1 aromatic carbocycles. The molecule has 0 aliphatic carbocycles. The zero-order valence-corrected chi connectivity index (χ0v) is 19.1. The van der Waals surface area contributed by atoms with Gasteiger partial charge in [-0.2, -0.15) is 0 Å². The molecule has 0 bridgehead atoms. The third kappa shape index (κ3) is 4.61. The first-order chi connectivity index (χ1) is 16.0. The van der Waals surface area contributed by atoms with Crippen molar-refractivity contribution in [1.29, 1.82) is 0 Å². The number of rotatable bonds is 6. The number of ether oxygens (including phenoxy) is 1. The molecule has 4 aromatic heterocycles. The minimum Gasteiger partial charge on any atom is -0.487 e. The van der Waals surface area contributed by atoms with Gasteiger partial charge in [-0.1, -0.05) is 17.4 Å². The van der Waals surface area contributed by atoms with Crippen molar-refractivity contribution < 1.29 is 4.74 Å². The first kappa shape index (κ1) is 20.8. The summed E-state index contributed by atoms with van der Waals surface area (Å²) >= 11 is 1.45. The van der Waals surface area contributed by atoms with Crippen LogP contribution in [0.5, 0.6) is 5.75 Å². The molecule has 33 heavy (non-hydrogen) atoms. The molecule has 164 valence electrons. The first-order valence-corrected chi connectivity index (χ1v) is 11.2. The van der Waals surface area contributed by atoms with E-state index in [0.717, 1.165) is 50.2 Å². The van der Waals surface area contributed by atoms with Crippen LogP contribution in [0.15, 0.2) is 73.3 Å². The average molecular weight is 455 g/mol. The van der Waals surface area contributed by atoms with Gasteiger partial charge in [-0.15, -0.1) is 0 Å². The van der Waals surface area contributed by atoms with Crippen molar-refractivity contribution in [3.05, 3.63) is 84.7 Å². The maximum atomic E-state index is 6.07. The van der Waals surface area contributed by atoms with E-state index in [9.17, 15) is 0 Å². The number of anilines is 1. The van der Waals surface area contributed by atoms with E-state index in [4.69, 9.17) is 10.5 Å². The molecule has 8 heteroatoms. The standard InChI is InChI=1S/C25H22N6OS/c1-16-4-3-5-21(29-16)23-24(33-25(26)30-23)18-10-11-27-22(12-18)17-6-8-20(9-7-17)32-14-19-13-31(2)15-28-19/h3-13,15H,14H2,1-2H3,(H2,26,30). The Morgan fingerprint density at radius 1 is 0.970 bits per heavy atom. The van der Waals surface area contributed by atoms with Gasteiger partial charge in [-0.25, -0.2) is 9.97 Å². The molecule has 0 fully saturated rings. The van der Waals surface area contributed by atoms with E-state index in [1.165, 1.54) is 11.3 Å². The Morgan fingerprint density at radius 3 is 2.58 bits per heavy atom. The number of aryl methyl sites for hydroxylation is 2. The largest absolute Gasteiger partial charge is 0.487 e. The van der Waals surface area contributed by atoms with Crippen LogP contribution in [-0.2, 0) is 13.7 Å². The number of pyridine rings is 2. The lowest BCUT2D eigenvalue weighted by atomic mass is 10.1. The average Bonchev–Trinajstić information content (AvgIpc) is 3.43. The topological polar surface area (TPSA) is 91.7 Å². The molecular weight excluding hydrogens is 432 g/mol. The number of thiazole rings is 1. The van der Waals surface area contributed by atoms with Gasteiger partial charge in [0, 0.05) is 30.7 Å². The summed E-state index contributed by atoms with van der Waals surface area (Å²) in [6.07, 6.45) is 5.51. The quantitative estimate of drug-likeness (QED) is 0.382. The monoisotopic (exact) mass is 454 g/mol. The maximum Gasteiger partial charge on any atom is 0.181 e. The van der Waals surface area contributed by atoms with Crippen molar-refractivity contribution in [2.45, 2.75) is 13.5 Å². The van der Waals surface area contributed by atoms with Crippen molar-refractivity contribution >= 4 is 16.5 Å². The Labute approximate surface area is 195 Å². The summed E-state index contributed by atoms with van der Waals surface area (Å²) in [6, 6.07) is 17.8. The molecule has 0 unspecified atom stereocenters. The fraction of sp³-hybridized carbons (Fsp3) is 0.120. The number of hydrogen-bond donors (Lipinski definition) is 1. The summed E-state index contributed by atoms with van der Waals surface area (Å²) in [4.78, 5) is 19.0. The Bertz CT molecular complexity index is 1410. The molecule has 0 saturated carbocycles. The molecule has 0 amide bonds. The van der Waals surface area contributed by atoms with Crippen molar-refractivity contribution in [2.24, 2.45) is 7.05 Å². The van der Waals surface area contributed by atoms with Crippen molar-refractivity contribution in [2.75, 3.05) is 5.73 Å². The molecule has 5 aromatic rings. The van der Waals surface area contributed by atoms with Gasteiger partial charge in [-0.3, -0.25) is 9.97 Å². The minimum absolute atomic E-state index is 0.427. The van der Waals surface area contributed by atoms with Crippen LogP contribution < -0.4 is 10.5 Å². The van der Waals surface area contributed by atoms with Crippen LogP contribution in [-0.4, -0.2) is 24.5 Å². The second-order valence-corrected chi connectivity index (χ2v) is 8.70. The lowest BCUT2D eigenvalue weighted by Crippen LogP contribution is -1.95. The summed E-state index contributed by atoms with van der Waals surface area (Å²) in [5, 5.41) is 0.510. The number of benzene rings is 1. The summed E-state index contributed by atoms with van der Waals surface area (Å²) in [7, 11) is 1.94. The molecular formula is C25H22N6OS. The van der Waals surface area contributed by atoms with Gasteiger partial charge in [-0.05, 0) is 61.0 Å². The molecule has 0 aliphatic rings. The van der Waals surface area contributed by atoms with Crippen molar-refractivity contribution in [3.8, 4) is 38.8 Å². The molecule has 0 saturated heterocycles. The van der Waals surface area contributed by atoms with Gasteiger partial charge >= 0.3 is 0 Å². The molecule has 7 nitrogen and oxygen atoms in total. The second kappa shape index (κ2) is 8.84. The molecule has 4 heterocycles. The van der Waals surface area contributed by atoms with Crippen molar-refractivity contribution in [1.82, 2.24) is 24.5 Å². The Hall–Kier alpha value is -4.04. The van der Waals surface area contributed by atoms with E-state index in [0.29, 0.717) is 11.7 Å². The van der Waals surface area contributed by atoms with Crippen molar-refractivity contribution in [3.63, 3.8) is 0 Å². The smallest absolute Gasteiger partial charge is 0.181 e. The lowest BCUT2D eigenvalue weighted by molar-refractivity contribution is 0.302. The van der Waals surface area contributed by atoms with Crippen LogP contribution in [0.2, 0.25) is 0 Å². The highest BCUT2D eigenvalue weighted by molar-refractivity contribution is 7.19. The maximum absolute atomic E-state index is 6.07. The third-order valence-electron chi connectivity index (χ3n) is 5.09. The highest BCUT2D eigenvalue weighted by Gasteiger charge is 2.16. The van der Waals surface area contributed by atoms with E-state index in [2.05, 4.69) is 26.0 Å². The van der Waals surface area contributed by atoms with Gasteiger partial charge in [0.05, 0.1) is 28.3 Å². The molecule has 0 aliphatic heterocycles. The van der Waals surface area contributed by atoms with E-state index >= 15 is 0 Å². The van der Waals surface area contributed by atoms with Gasteiger partial charge in [0.15, 0.2) is 5.13 Å². The van der Waals surface area contributed by atoms with Crippen LogP contribution >= 0.6 is 11.3 Å². The fourth-order valence-electron chi connectivity index (χ4n) is 3.53. The molecule has 0 spiro atoms. The SMILES string of the molecule is Cc1cccc(-c2nc(N)sc2-c2ccnc(-c3ccc(OCc4cn(C)cn4)cc3)c2)n1. The van der Waals surface area contributed by atoms with E-state index < -0.39 is 0 Å². The number of hydrogen-bond acceptors (Lipinski definition) is 7. The minimum atomic E-state index is 0.427.